The normalized spacial score (nSPS) is 25.9. The molecule has 1 aromatic rings. The van der Waals surface area contributed by atoms with Gasteiger partial charge in [0.1, 0.15) is 0 Å². The van der Waals surface area contributed by atoms with Gasteiger partial charge in [0.05, 0.1) is 13.2 Å². The summed E-state index contributed by atoms with van der Waals surface area (Å²) in [5, 5.41) is 10.6. The predicted molar refractivity (Wildman–Crippen MR) is 96.1 cm³/mol. The van der Waals surface area contributed by atoms with Crippen molar-refractivity contribution in [1.82, 2.24) is 4.90 Å². The zero-order valence-electron chi connectivity index (χ0n) is 16.1. The number of nitrogens with zero attached hydrogens (tertiary/aromatic N) is 1. The smallest absolute Gasteiger partial charge is 0.422 e. The lowest BCUT2D eigenvalue weighted by Crippen LogP contribution is -2.48. The van der Waals surface area contributed by atoms with Crippen LogP contribution in [0.2, 0.25) is 0 Å². The number of halogens is 3. The first-order valence-electron chi connectivity index (χ1n) is 9.50. The lowest BCUT2D eigenvalue weighted by Gasteiger charge is -2.46. The molecule has 0 saturated carbocycles. The van der Waals surface area contributed by atoms with Crippen LogP contribution in [0, 0.1) is 11.8 Å². The number of methoxy groups -OCH3 is 1. The summed E-state index contributed by atoms with van der Waals surface area (Å²) < 4.78 is 47.8. The van der Waals surface area contributed by atoms with Crippen LogP contribution in [-0.4, -0.2) is 49.1 Å². The van der Waals surface area contributed by atoms with Gasteiger partial charge in [0.25, 0.3) is 0 Å². The van der Waals surface area contributed by atoms with Crippen LogP contribution in [-0.2, 0) is 6.42 Å². The van der Waals surface area contributed by atoms with Gasteiger partial charge < -0.3 is 14.6 Å². The van der Waals surface area contributed by atoms with Crippen molar-refractivity contribution in [3.05, 3.63) is 23.3 Å². The molecular weight excluding hydrogens is 359 g/mol. The highest BCUT2D eigenvalue weighted by Gasteiger charge is 2.39. The van der Waals surface area contributed by atoms with Gasteiger partial charge in [-0.25, -0.2) is 0 Å². The minimum atomic E-state index is -4.39. The van der Waals surface area contributed by atoms with Gasteiger partial charge in [-0.15, -0.1) is 0 Å². The van der Waals surface area contributed by atoms with Gasteiger partial charge in [-0.2, -0.15) is 13.2 Å². The van der Waals surface area contributed by atoms with Crippen LogP contribution < -0.4 is 9.47 Å². The molecule has 1 N–H and O–H groups in total. The number of benzene rings is 1. The lowest BCUT2D eigenvalue weighted by atomic mass is 9.79. The second-order valence-corrected chi connectivity index (χ2v) is 8.06. The number of aliphatic hydroxyl groups excluding tert-OH is 1. The first-order chi connectivity index (χ1) is 12.7. The Kier molecular flexibility index (Phi) is 5.91. The van der Waals surface area contributed by atoms with Gasteiger partial charge in [-0.05, 0) is 54.4 Å². The van der Waals surface area contributed by atoms with E-state index < -0.39 is 12.8 Å². The Morgan fingerprint density at radius 2 is 2.00 bits per heavy atom. The van der Waals surface area contributed by atoms with E-state index in [0.717, 1.165) is 37.1 Å². The molecule has 2 aliphatic rings. The Balaban J connectivity index is 1.82. The largest absolute Gasteiger partial charge is 0.493 e. The Morgan fingerprint density at radius 3 is 2.63 bits per heavy atom. The first kappa shape index (κ1) is 20.3. The van der Waals surface area contributed by atoms with Crippen molar-refractivity contribution in [2.24, 2.45) is 11.8 Å². The van der Waals surface area contributed by atoms with Crippen molar-refractivity contribution < 1.29 is 27.8 Å². The highest BCUT2D eigenvalue weighted by Crippen LogP contribution is 2.43. The van der Waals surface area contributed by atoms with Crippen LogP contribution >= 0.6 is 0 Å². The van der Waals surface area contributed by atoms with Gasteiger partial charge in [0.2, 0.25) is 0 Å². The minimum Gasteiger partial charge on any atom is -0.493 e. The molecule has 2 heterocycles. The molecule has 27 heavy (non-hydrogen) atoms. The van der Waals surface area contributed by atoms with Crippen molar-refractivity contribution in [1.29, 1.82) is 0 Å². The summed E-state index contributed by atoms with van der Waals surface area (Å²) in [6.45, 7) is 4.67. The zero-order valence-corrected chi connectivity index (χ0v) is 16.1. The Morgan fingerprint density at radius 1 is 1.26 bits per heavy atom. The molecule has 1 aromatic carbocycles. The van der Waals surface area contributed by atoms with E-state index in [4.69, 9.17) is 9.47 Å². The molecule has 0 unspecified atom stereocenters. The summed E-state index contributed by atoms with van der Waals surface area (Å²) in [6.07, 6.45) is -2.38. The molecular formula is C20H28F3NO3. The zero-order chi connectivity index (χ0) is 19.8. The quantitative estimate of drug-likeness (QED) is 0.830. The van der Waals surface area contributed by atoms with E-state index in [1.165, 1.54) is 7.11 Å². The SMILES string of the molecule is COc1cc2c(cc1OCC(F)(F)F)CCN1C[C@@H](CC(C)C)[C@H](O)C[C@H]21. The molecule has 7 heteroatoms. The highest BCUT2D eigenvalue weighted by molar-refractivity contribution is 5.49. The molecule has 3 atom stereocenters. The number of hydrogen-bond acceptors (Lipinski definition) is 4. The van der Waals surface area contributed by atoms with Crippen molar-refractivity contribution in [2.45, 2.75) is 51.4 Å². The molecule has 0 amide bonds. The summed E-state index contributed by atoms with van der Waals surface area (Å²) in [5.74, 6) is 1.22. The molecule has 0 aromatic heterocycles. The van der Waals surface area contributed by atoms with Gasteiger partial charge in [-0.3, -0.25) is 4.90 Å². The Labute approximate surface area is 158 Å². The standard InChI is InChI=1S/C20H28F3NO3/c1-12(2)6-14-10-24-5-4-13-7-19(27-11-20(21,22)23)18(26-3)8-15(13)16(24)9-17(14)25/h7-8,12,14,16-17,25H,4-6,9-11H2,1-3H3/t14-,16-,17-/m1/s1. The average Bonchev–Trinajstić information content (AvgIpc) is 2.58. The van der Waals surface area contributed by atoms with Crippen molar-refractivity contribution >= 4 is 0 Å². The van der Waals surface area contributed by atoms with Gasteiger partial charge in [-0.1, -0.05) is 13.8 Å². The maximum atomic E-state index is 12.5. The number of ether oxygens (including phenoxy) is 2. The van der Waals surface area contributed by atoms with E-state index in [1.54, 1.807) is 12.1 Å². The van der Waals surface area contributed by atoms with Crippen molar-refractivity contribution in [3.8, 4) is 11.5 Å². The minimum absolute atomic E-state index is 0.0673. The summed E-state index contributed by atoms with van der Waals surface area (Å²) in [4.78, 5) is 2.39. The maximum absolute atomic E-state index is 12.5. The number of aliphatic hydroxyl groups is 1. The highest BCUT2D eigenvalue weighted by atomic mass is 19.4. The number of fused-ring (bicyclic) bond motifs is 3. The van der Waals surface area contributed by atoms with E-state index in [1.807, 2.05) is 0 Å². The molecule has 152 valence electrons. The predicted octanol–water partition coefficient (Wildman–Crippen LogP) is 3.96. The first-order valence-corrected chi connectivity index (χ1v) is 9.50. The molecule has 0 aliphatic carbocycles. The van der Waals surface area contributed by atoms with Gasteiger partial charge >= 0.3 is 6.18 Å². The van der Waals surface area contributed by atoms with Crippen molar-refractivity contribution in [2.75, 3.05) is 26.8 Å². The fourth-order valence-corrected chi connectivity index (χ4v) is 4.37. The third-order valence-corrected chi connectivity index (χ3v) is 5.54. The van der Waals surface area contributed by atoms with E-state index in [-0.39, 0.29) is 23.8 Å². The molecule has 3 rings (SSSR count). The van der Waals surface area contributed by atoms with E-state index >= 15 is 0 Å². The van der Waals surface area contributed by atoms with Crippen LogP contribution in [0.15, 0.2) is 12.1 Å². The second-order valence-electron chi connectivity index (χ2n) is 8.06. The number of alkyl halides is 3. The van der Waals surface area contributed by atoms with E-state index in [9.17, 15) is 18.3 Å². The summed E-state index contributed by atoms with van der Waals surface area (Å²) in [6, 6.07) is 3.52. The van der Waals surface area contributed by atoms with E-state index in [0.29, 0.717) is 18.1 Å². The van der Waals surface area contributed by atoms with Crippen LogP contribution in [0.25, 0.3) is 0 Å². The van der Waals surface area contributed by atoms with E-state index in [2.05, 4.69) is 18.7 Å². The Hall–Kier alpha value is -1.47. The molecule has 1 saturated heterocycles. The third kappa shape index (κ3) is 4.69. The average molecular weight is 387 g/mol. The molecule has 0 bridgehead atoms. The van der Waals surface area contributed by atoms with Crippen LogP contribution in [0.4, 0.5) is 13.2 Å². The second kappa shape index (κ2) is 7.87. The molecule has 2 aliphatic heterocycles. The van der Waals surface area contributed by atoms with Gasteiger partial charge in [0.15, 0.2) is 18.1 Å². The van der Waals surface area contributed by atoms with Crippen LogP contribution in [0.5, 0.6) is 11.5 Å². The molecule has 1 fully saturated rings. The fourth-order valence-electron chi connectivity index (χ4n) is 4.37. The van der Waals surface area contributed by atoms with Crippen molar-refractivity contribution in [3.63, 3.8) is 0 Å². The topological polar surface area (TPSA) is 41.9 Å². The third-order valence-electron chi connectivity index (χ3n) is 5.54. The maximum Gasteiger partial charge on any atom is 0.422 e. The summed E-state index contributed by atoms with van der Waals surface area (Å²) in [5.41, 5.74) is 2.00. The van der Waals surface area contributed by atoms with Crippen LogP contribution in [0.3, 0.4) is 0 Å². The van der Waals surface area contributed by atoms with Gasteiger partial charge in [0, 0.05) is 19.1 Å². The summed E-state index contributed by atoms with van der Waals surface area (Å²) in [7, 11) is 1.43. The molecule has 4 nitrogen and oxygen atoms in total. The Bertz CT molecular complexity index is 663. The fraction of sp³-hybridized carbons (Fsp3) is 0.700. The summed E-state index contributed by atoms with van der Waals surface area (Å²) >= 11 is 0. The monoisotopic (exact) mass is 387 g/mol. The number of piperidine rings is 1. The number of rotatable bonds is 5. The molecule has 0 radical (unpaired) electrons. The van der Waals surface area contributed by atoms with Crippen LogP contribution in [0.1, 0.15) is 43.9 Å². The number of hydrogen-bond donors (Lipinski definition) is 1. The lowest BCUT2D eigenvalue weighted by molar-refractivity contribution is -0.153. The molecule has 0 spiro atoms.